The van der Waals surface area contributed by atoms with Crippen LogP contribution in [-0.4, -0.2) is 44.8 Å². The van der Waals surface area contributed by atoms with Crippen molar-refractivity contribution in [3.05, 3.63) is 66.7 Å². The Balaban J connectivity index is 1.79. The van der Waals surface area contributed by atoms with E-state index in [1.807, 2.05) is 24.3 Å². The Morgan fingerprint density at radius 1 is 0.929 bits per heavy atom. The number of nitrogens with zero attached hydrogens (tertiary/aromatic N) is 5. The van der Waals surface area contributed by atoms with Gasteiger partial charge >= 0.3 is 0 Å². The van der Waals surface area contributed by atoms with Crippen LogP contribution in [-0.2, 0) is 0 Å². The molecule has 0 aliphatic rings. The normalized spacial score (nSPS) is 10.8. The van der Waals surface area contributed by atoms with Gasteiger partial charge in [0.25, 0.3) is 5.91 Å². The van der Waals surface area contributed by atoms with Gasteiger partial charge in [-0.1, -0.05) is 0 Å². The van der Waals surface area contributed by atoms with Gasteiger partial charge in [0, 0.05) is 55.4 Å². The highest BCUT2D eigenvalue weighted by atomic mass is 16.2. The molecule has 28 heavy (non-hydrogen) atoms. The number of rotatable bonds is 3. The summed E-state index contributed by atoms with van der Waals surface area (Å²) in [5.74, 6) is 0.272. The van der Waals surface area contributed by atoms with Crippen molar-refractivity contribution in [3.63, 3.8) is 0 Å². The molecule has 4 rings (SSSR count). The van der Waals surface area contributed by atoms with Crippen LogP contribution in [0.25, 0.3) is 33.4 Å². The number of pyridine rings is 4. The van der Waals surface area contributed by atoms with Crippen LogP contribution in [0.2, 0.25) is 0 Å². The second-order valence-corrected chi connectivity index (χ2v) is 6.52. The zero-order valence-electron chi connectivity index (χ0n) is 15.5. The average molecular weight is 370 g/mol. The summed E-state index contributed by atoms with van der Waals surface area (Å²) in [5, 5.41) is 0.933. The fourth-order valence-electron chi connectivity index (χ4n) is 3.00. The summed E-state index contributed by atoms with van der Waals surface area (Å²) < 4.78 is 0. The number of hydrogen-bond donors (Lipinski definition) is 1. The molecule has 0 aromatic carbocycles. The summed E-state index contributed by atoms with van der Waals surface area (Å²) >= 11 is 0. The lowest BCUT2D eigenvalue weighted by Gasteiger charge is -2.11. The van der Waals surface area contributed by atoms with Crippen molar-refractivity contribution in [2.45, 2.75) is 0 Å². The molecule has 4 aromatic heterocycles. The molecule has 4 heterocycles. The number of carbonyl (C=O) groups excluding carboxylic acids is 1. The van der Waals surface area contributed by atoms with Crippen molar-refractivity contribution in [3.8, 4) is 22.4 Å². The molecule has 0 aliphatic carbocycles. The van der Waals surface area contributed by atoms with Crippen LogP contribution in [0.5, 0.6) is 0 Å². The van der Waals surface area contributed by atoms with Gasteiger partial charge in [-0.2, -0.15) is 0 Å². The summed E-state index contributed by atoms with van der Waals surface area (Å²) in [5.41, 5.74) is 10.5. The summed E-state index contributed by atoms with van der Waals surface area (Å²) in [7, 11) is 3.41. The Labute approximate surface area is 161 Å². The molecule has 7 nitrogen and oxygen atoms in total. The van der Waals surface area contributed by atoms with Gasteiger partial charge in [0.1, 0.15) is 5.82 Å². The Morgan fingerprint density at radius 3 is 2.50 bits per heavy atom. The van der Waals surface area contributed by atoms with Crippen LogP contribution in [0.15, 0.2) is 61.2 Å². The minimum Gasteiger partial charge on any atom is -0.383 e. The molecule has 0 bridgehead atoms. The summed E-state index contributed by atoms with van der Waals surface area (Å²) in [6.45, 7) is 0. The van der Waals surface area contributed by atoms with Crippen LogP contribution in [0.4, 0.5) is 5.82 Å². The van der Waals surface area contributed by atoms with Crippen molar-refractivity contribution in [2.24, 2.45) is 0 Å². The Kier molecular flexibility index (Phi) is 4.41. The number of fused-ring (bicyclic) bond motifs is 1. The lowest BCUT2D eigenvalue weighted by Crippen LogP contribution is -2.21. The number of aromatic nitrogens is 4. The Hall–Kier alpha value is -3.87. The van der Waals surface area contributed by atoms with Crippen molar-refractivity contribution < 1.29 is 4.79 Å². The standard InChI is InChI=1S/C21H18N6O/c1-27(2)21(28)13-5-6-18(25-11-13)17-10-14(12-26-19(17)22)15-7-9-24-20-16(15)4-3-8-23-20/h3-12H,1-2H3,(H2,22,26). The van der Waals surface area contributed by atoms with Gasteiger partial charge in [0.05, 0.1) is 11.3 Å². The zero-order chi connectivity index (χ0) is 19.7. The molecule has 4 aromatic rings. The zero-order valence-corrected chi connectivity index (χ0v) is 15.5. The Morgan fingerprint density at radius 2 is 1.75 bits per heavy atom. The third-order valence-electron chi connectivity index (χ3n) is 4.44. The minimum absolute atomic E-state index is 0.102. The van der Waals surface area contributed by atoms with E-state index in [4.69, 9.17) is 5.73 Å². The van der Waals surface area contributed by atoms with Crippen LogP contribution in [0.3, 0.4) is 0 Å². The topological polar surface area (TPSA) is 97.9 Å². The number of nitrogens with two attached hydrogens (primary N) is 1. The van der Waals surface area contributed by atoms with Crippen LogP contribution in [0, 0.1) is 0 Å². The molecule has 0 radical (unpaired) electrons. The first kappa shape index (κ1) is 17.5. The van der Waals surface area contributed by atoms with E-state index in [0.717, 1.165) is 16.5 Å². The molecule has 7 heteroatoms. The van der Waals surface area contributed by atoms with Crippen molar-refractivity contribution in [1.29, 1.82) is 0 Å². The van der Waals surface area contributed by atoms with E-state index in [0.29, 0.717) is 28.3 Å². The van der Waals surface area contributed by atoms with Gasteiger partial charge in [-0.25, -0.2) is 15.0 Å². The molecule has 0 aliphatic heterocycles. The maximum atomic E-state index is 12.1. The number of carbonyl (C=O) groups is 1. The van der Waals surface area contributed by atoms with E-state index < -0.39 is 0 Å². The predicted molar refractivity (Wildman–Crippen MR) is 108 cm³/mol. The number of hydrogen-bond acceptors (Lipinski definition) is 6. The van der Waals surface area contributed by atoms with Gasteiger partial charge < -0.3 is 10.6 Å². The number of anilines is 1. The van der Waals surface area contributed by atoms with Gasteiger partial charge in [-0.3, -0.25) is 9.78 Å². The molecule has 1 amide bonds. The fraction of sp³-hybridized carbons (Fsp3) is 0.0952. The summed E-state index contributed by atoms with van der Waals surface area (Å²) in [6.07, 6.45) is 6.72. The first-order chi connectivity index (χ1) is 13.5. The van der Waals surface area contributed by atoms with Gasteiger partial charge in [0.2, 0.25) is 0 Å². The van der Waals surface area contributed by atoms with Crippen LogP contribution in [0.1, 0.15) is 10.4 Å². The highest BCUT2D eigenvalue weighted by Gasteiger charge is 2.13. The molecule has 0 saturated heterocycles. The molecular formula is C21H18N6O. The Bertz CT molecular complexity index is 1170. The van der Waals surface area contributed by atoms with Crippen molar-refractivity contribution in [1.82, 2.24) is 24.8 Å². The molecule has 2 N–H and O–H groups in total. The summed E-state index contributed by atoms with van der Waals surface area (Å²) in [4.78, 5) is 30.9. The lowest BCUT2D eigenvalue weighted by molar-refractivity contribution is 0.0827. The van der Waals surface area contributed by atoms with E-state index in [9.17, 15) is 4.79 Å². The molecular weight excluding hydrogens is 352 g/mol. The smallest absolute Gasteiger partial charge is 0.254 e. The van der Waals surface area contributed by atoms with Crippen LogP contribution < -0.4 is 5.73 Å². The monoisotopic (exact) mass is 370 g/mol. The van der Waals surface area contributed by atoms with E-state index in [2.05, 4.69) is 19.9 Å². The van der Waals surface area contributed by atoms with E-state index in [1.165, 1.54) is 4.90 Å². The number of amides is 1. The predicted octanol–water partition coefficient (Wildman–Crippen LogP) is 3.04. The SMILES string of the molecule is CN(C)C(=O)c1ccc(-c2cc(-c3ccnc4ncccc34)cnc2N)nc1. The largest absolute Gasteiger partial charge is 0.383 e. The summed E-state index contributed by atoms with van der Waals surface area (Å²) in [6, 6.07) is 11.2. The fourth-order valence-corrected chi connectivity index (χ4v) is 3.00. The molecule has 0 atom stereocenters. The van der Waals surface area contributed by atoms with E-state index >= 15 is 0 Å². The molecule has 138 valence electrons. The van der Waals surface area contributed by atoms with E-state index in [-0.39, 0.29) is 5.91 Å². The van der Waals surface area contributed by atoms with E-state index in [1.54, 1.807) is 51.0 Å². The number of nitrogen functional groups attached to an aromatic ring is 1. The third kappa shape index (κ3) is 3.14. The second kappa shape index (κ2) is 7.03. The molecule has 0 saturated carbocycles. The first-order valence-electron chi connectivity index (χ1n) is 8.68. The van der Waals surface area contributed by atoms with Gasteiger partial charge in [0.15, 0.2) is 5.65 Å². The maximum Gasteiger partial charge on any atom is 0.254 e. The minimum atomic E-state index is -0.102. The van der Waals surface area contributed by atoms with Crippen molar-refractivity contribution >= 4 is 22.8 Å². The second-order valence-electron chi connectivity index (χ2n) is 6.52. The van der Waals surface area contributed by atoms with Crippen molar-refractivity contribution in [2.75, 3.05) is 19.8 Å². The average Bonchev–Trinajstić information content (AvgIpc) is 2.73. The van der Waals surface area contributed by atoms with Crippen LogP contribution >= 0.6 is 0 Å². The molecule has 0 spiro atoms. The molecule has 0 fully saturated rings. The van der Waals surface area contributed by atoms with Gasteiger partial charge in [-0.15, -0.1) is 0 Å². The highest BCUT2D eigenvalue weighted by molar-refractivity contribution is 5.95. The lowest BCUT2D eigenvalue weighted by atomic mass is 10.0. The molecule has 0 unspecified atom stereocenters. The first-order valence-corrected chi connectivity index (χ1v) is 8.68. The van der Waals surface area contributed by atoms with Gasteiger partial charge in [-0.05, 0) is 42.0 Å². The third-order valence-corrected chi connectivity index (χ3v) is 4.44. The highest BCUT2D eigenvalue weighted by Crippen LogP contribution is 2.31. The maximum absolute atomic E-state index is 12.1. The quantitative estimate of drug-likeness (QED) is 0.595.